The highest BCUT2D eigenvalue weighted by molar-refractivity contribution is 6.01. The van der Waals surface area contributed by atoms with Crippen molar-refractivity contribution in [2.24, 2.45) is 7.05 Å². The Balaban J connectivity index is 2.09. The lowest BCUT2D eigenvalue weighted by molar-refractivity contribution is 0.0996. The number of hydrogen-bond acceptors (Lipinski definition) is 3. The predicted molar refractivity (Wildman–Crippen MR) is 49.9 cm³/mol. The van der Waals surface area contributed by atoms with E-state index < -0.39 is 0 Å². The third-order valence-corrected chi connectivity index (χ3v) is 1.71. The molecular formula is C9H9N3O2. The number of anilines is 1. The van der Waals surface area contributed by atoms with Gasteiger partial charge in [-0.2, -0.15) is 5.10 Å². The first-order valence-electron chi connectivity index (χ1n) is 4.09. The zero-order valence-corrected chi connectivity index (χ0v) is 7.60. The fraction of sp³-hybridized carbons (Fsp3) is 0.111. The summed E-state index contributed by atoms with van der Waals surface area (Å²) in [6.07, 6.45) is 4.74. The number of amides is 1. The average molecular weight is 191 g/mol. The minimum absolute atomic E-state index is 0.275. The molecule has 0 aliphatic carbocycles. The molecule has 0 aliphatic heterocycles. The second-order valence-corrected chi connectivity index (χ2v) is 2.83. The minimum atomic E-state index is -0.275. The summed E-state index contributed by atoms with van der Waals surface area (Å²) in [6, 6.07) is 3.27. The van der Waals surface area contributed by atoms with Gasteiger partial charge in [0.25, 0.3) is 5.91 Å². The summed E-state index contributed by atoms with van der Waals surface area (Å²) in [4.78, 5) is 11.4. The van der Waals surface area contributed by atoms with Gasteiger partial charge in [-0.1, -0.05) is 0 Å². The molecular weight excluding hydrogens is 182 g/mol. The number of aryl methyl sites for hydroxylation is 1. The lowest BCUT2D eigenvalue weighted by Crippen LogP contribution is -2.10. The SMILES string of the molecule is Cn1cc(NC(=O)c2ccco2)cn1. The van der Waals surface area contributed by atoms with Crippen LogP contribution in [0.2, 0.25) is 0 Å². The van der Waals surface area contributed by atoms with Gasteiger partial charge in [-0.15, -0.1) is 0 Å². The van der Waals surface area contributed by atoms with Crippen molar-refractivity contribution in [1.29, 1.82) is 0 Å². The van der Waals surface area contributed by atoms with Crippen molar-refractivity contribution in [3.05, 3.63) is 36.5 Å². The molecule has 0 bridgehead atoms. The fourth-order valence-corrected chi connectivity index (χ4v) is 1.09. The second-order valence-electron chi connectivity index (χ2n) is 2.83. The molecule has 5 nitrogen and oxygen atoms in total. The van der Waals surface area contributed by atoms with Gasteiger partial charge in [0.15, 0.2) is 5.76 Å². The third kappa shape index (κ3) is 1.66. The summed E-state index contributed by atoms with van der Waals surface area (Å²) < 4.78 is 6.54. The highest BCUT2D eigenvalue weighted by atomic mass is 16.3. The van der Waals surface area contributed by atoms with E-state index in [1.54, 1.807) is 36.3 Å². The maximum Gasteiger partial charge on any atom is 0.291 e. The van der Waals surface area contributed by atoms with E-state index in [0.717, 1.165) is 0 Å². The van der Waals surface area contributed by atoms with E-state index in [4.69, 9.17) is 4.42 Å². The molecule has 1 N–H and O–H groups in total. The number of aromatic nitrogens is 2. The molecule has 0 radical (unpaired) electrons. The van der Waals surface area contributed by atoms with Crippen LogP contribution >= 0.6 is 0 Å². The Morgan fingerprint density at radius 1 is 1.64 bits per heavy atom. The van der Waals surface area contributed by atoms with Crippen molar-refractivity contribution in [2.75, 3.05) is 5.32 Å². The Bertz CT molecular complexity index is 431. The summed E-state index contributed by atoms with van der Waals surface area (Å²) in [5, 5.41) is 6.57. The van der Waals surface area contributed by atoms with Crippen molar-refractivity contribution in [3.8, 4) is 0 Å². The van der Waals surface area contributed by atoms with E-state index in [2.05, 4.69) is 10.4 Å². The number of nitrogens with zero attached hydrogens (tertiary/aromatic N) is 2. The van der Waals surface area contributed by atoms with Crippen molar-refractivity contribution >= 4 is 11.6 Å². The minimum Gasteiger partial charge on any atom is -0.459 e. The molecule has 0 aromatic carbocycles. The van der Waals surface area contributed by atoms with Crippen LogP contribution in [0.1, 0.15) is 10.6 Å². The molecule has 0 fully saturated rings. The highest BCUT2D eigenvalue weighted by Crippen LogP contribution is 2.07. The molecule has 1 amide bonds. The molecule has 2 rings (SSSR count). The molecule has 2 aromatic heterocycles. The highest BCUT2D eigenvalue weighted by Gasteiger charge is 2.08. The molecule has 0 spiro atoms. The van der Waals surface area contributed by atoms with Gasteiger partial charge in [0, 0.05) is 13.2 Å². The molecule has 0 unspecified atom stereocenters. The van der Waals surface area contributed by atoms with Crippen molar-refractivity contribution in [1.82, 2.24) is 9.78 Å². The molecule has 0 saturated carbocycles. The molecule has 5 heteroatoms. The number of carbonyl (C=O) groups is 1. The molecule has 14 heavy (non-hydrogen) atoms. The largest absolute Gasteiger partial charge is 0.459 e. The van der Waals surface area contributed by atoms with Crippen LogP contribution < -0.4 is 5.32 Å². The van der Waals surface area contributed by atoms with Crippen LogP contribution in [0, 0.1) is 0 Å². The molecule has 2 aromatic rings. The summed E-state index contributed by atoms with van der Waals surface area (Å²) in [5.74, 6) is 0.0110. The van der Waals surface area contributed by atoms with Crippen LogP contribution in [0.3, 0.4) is 0 Å². The van der Waals surface area contributed by atoms with Crippen LogP contribution in [0.5, 0.6) is 0 Å². The average Bonchev–Trinajstić information content (AvgIpc) is 2.75. The van der Waals surface area contributed by atoms with E-state index in [9.17, 15) is 4.79 Å². The molecule has 0 saturated heterocycles. The van der Waals surface area contributed by atoms with Crippen molar-refractivity contribution < 1.29 is 9.21 Å². The van der Waals surface area contributed by atoms with Gasteiger partial charge < -0.3 is 9.73 Å². The number of carbonyl (C=O) groups excluding carboxylic acids is 1. The van der Waals surface area contributed by atoms with E-state index >= 15 is 0 Å². The lowest BCUT2D eigenvalue weighted by Gasteiger charge is -1.97. The van der Waals surface area contributed by atoms with E-state index in [1.807, 2.05) is 0 Å². The summed E-state index contributed by atoms with van der Waals surface area (Å²) in [6.45, 7) is 0. The first-order chi connectivity index (χ1) is 6.75. The molecule has 0 aliphatic rings. The fourth-order valence-electron chi connectivity index (χ4n) is 1.09. The van der Waals surface area contributed by atoms with E-state index in [1.165, 1.54) is 6.26 Å². The van der Waals surface area contributed by atoms with Crippen molar-refractivity contribution in [3.63, 3.8) is 0 Å². The second kappa shape index (κ2) is 3.37. The van der Waals surface area contributed by atoms with Gasteiger partial charge in [-0.25, -0.2) is 0 Å². The Kier molecular flexibility index (Phi) is 2.06. The van der Waals surface area contributed by atoms with Crippen LogP contribution in [-0.2, 0) is 7.05 Å². The molecule has 72 valence electrons. The maximum atomic E-state index is 11.4. The van der Waals surface area contributed by atoms with Crippen LogP contribution in [0.15, 0.2) is 35.2 Å². The Morgan fingerprint density at radius 2 is 2.50 bits per heavy atom. The van der Waals surface area contributed by atoms with Crippen molar-refractivity contribution in [2.45, 2.75) is 0 Å². The van der Waals surface area contributed by atoms with Crippen LogP contribution in [-0.4, -0.2) is 15.7 Å². The topological polar surface area (TPSA) is 60.1 Å². The van der Waals surface area contributed by atoms with Gasteiger partial charge in [0.05, 0.1) is 18.1 Å². The summed E-state index contributed by atoms with van der Waals surface area (Å²) >= 11 is 0. The number of rotatable bonds is 2. The monoisotopic (exact) mass is 191 g/mol. The van der Waals surface area contributed by atoms with E-state index in [-0.39, 0.29) is 11.7 Å². The molecule has 0 atom stereocenters. The van der Waals surface area contributed by atoms with Gasteiger partial charge in [-0.05, 0) is 12.1 Å². The van der Waals surface area contributed by atoms with E-state index in [0.29, 0.717) is 5.69 Å². The standard InChI is InChI=1S/C9H9N3O2/c1-12-6-7(5-10-12)11-9(13)8-3-2-4-14-8/h2-6H,1H3,(H,11,13). The summed E-state index contributed by atoms with van der Waals surface area (Å²) in [5.41, 5.74) is 0.647. The Hall–Kier alpha value is -2.04. The lowest BCUT2D eigenvalue weighted by atomic mass is 10.4. The quantitative estimate of drug-likeness (QED) is 0.777. The van der Waals surface area contributed by atoms with Gasteiger partial charge >= 0.3 is 0 Å². The predicted octanol–water partition coefficient (Wildman–Crippen LogP) is 1.27. The van der Waals surface area contributed by atoms with Gasteiger partial charge in [0.1, 0.15) is 0 Å². The van der Waals surface area contributed by atoms with Crippen LogP contribution in [0.4, 0.5) is 5.69 Å². The number of hydrogen-bond donors (Lipinski definition) is 1. The maximum absolute atomic E-state index is 11.4. The Labute approximate surface area is 80.3 Å². The van der Waals surface area contributed by atoms with Gasteiger partial charge in [0.2, 0.25) is 0 Å². The van der Waals surface area contributed by atoms with Crippen LogP contribution in [0.25, 0.3) is 0 Å². The summed E-state index contributed by atoms with van der Waals surface area (Å²) in [7, 11) is 1.78. The molecule has 2 heterocycles. The number of furan rings is 1. The number of nitrogens with one attached hydrogen (secondary N) is 1. The zero-order chi connectivity index (χ0) is 9.97. The Morgan fingerprint density at radius 3 is 3.07 bits per heavy atom. The first-order valence-corrected chi connectivity index (χ1v) is 4.09. The smallest absolute Gasteiger partial charge is 0.291 e. The third-order valence-electron chi connectivity index (χ3n) is 1.71. The zero-order valence-electron chi connectivity index (χ0n) is 7.60. The normalized spacial score (nSPS) is 10.1. The van der Waals surface area contributed by atoms with Gasteiger partial charge in [-0.3, -0.25) is 9.48 Å². The first kappa shape index (κ1) is 8.55.